The number of ether oxygens (including phenoxy) is 1. The Hall–Kier alpha value is -5.02. The molecular weight excluding hydrogens is 915 g/mol. The molecule has 3 aromatic carbocycles. The zero-order chi connectivity index (χ0) is 46.0. The molecule has 13 nitrogen and oxygen atoms in total. The van der Waals surface area contributed by atoms with Crippen molar-refractivity contribution in [2.75, 3.05) is 81.8 Å². The number of aromatic nitrogens is 3. The standard InChI is InChI=1S/C48H57BrF2N9O4P/c1-6-30-26-40(55-48-52-28-35(49)46(57-48)54-39-12-11-38-33(45(39)65(4,5)63)9-8-31(7-2)53-38)42(64-3)27-41(30)60-18-15-32(16-19-60)59-22-20-58(21-23-59)17-14-29-24-36(50)44(37(51)25-29)34-10-13-43(61)56-47(34)62/h8-9,11-12,24-28,32,34H,6-7,10,13-23H2,1-5H3,(H,56,61,62)(H2,52,54,55,57)/t34-/m1/s1. The van der Waals surface area contributed by atoms with Gasteiger partial charge in [-0.3, -0.25) is 24.8 Å². The molecule has 3 aliphatic heterocycles. The van der Waals surface area contributed by atoms with Crippen molar-refractivity contribution in [3.8, 4) is 5.75 Å². The topological polar surface area (TPSA) is 145 Å². The van der Waals surface area contributed by atoms with Crippen LogP contribution in [0, 0.1) is 11.6 Å². The van der Waals surface area contributed by atoms with E-state index in [0.717, 1.165) is 98.2 Å². The van der Waals surface area contributed by atoms with Crippen LogP contribution in [0.1, 0.15) is 67.8 Å². The highest BCUT2D eigenvalue weighted by atomic mass is 79.9. The first kappa shape index (κ1) is 46.5. The lowest BCUT2D eigenvalue weighted by molar-refractivity contribution is -0.134. The first-order valence-electron chi connectivity index (χ1n) is 22.5. The normalized spacial score (nSPS) is 18.0. The second-order valence-electron chi connectivity index (χ2n) is 17.5. The van der Waals surface area contributed by atoms with Crippen LogP contribution < -0.4 is 30.9 Å². The number of methoxy groups -OCH3 is 1. The van der Waals surface area contributed by atoms with Crippen molar-refractivity contribution in [2.45, 2.75) is 70.8 Å². The summed E-state index contributed by atoms with van der Waals surface area (Å²) < 4.78 is 50.5. The fraction of sp³-hybridized carbons (Fsp3) is 0.438. The molecule has 0 spiro atoms. The van der Waals surface area contributed by atoms with Crippen LogP contribution in [-0.2, 0) is 33.4 Å². The predicted octanol–water partition coefficient (Wildman–Crippen LogP) is 8.28. The molecule has 0 aliphatic carbocycles. The Morgan fingerprint density at radius 3 is 2.29 bits per heavy atom. The van der Waals surface area contributed by atoms with Crippen molar-refractivity contribution >= 4 is 79.9 Å². The fourth-order valence-electron chi connectivity index (χ4n) is 9.52. The Morgan fingerprint density at radius 1 is 0.892 bits per heavy atom. The number of aryl methyl sites for hydroxylation is 2. The van der Waals surface area contributed by atoms with Crippen LogP contribution in [0.25, 0.3) is 10.9 Å². The van der Waals surface area contributed by atoms with E-state index in [0.29, 0.717) is 52.2 Å². The van der Waals surface area contributed by atoms with Crippen molar-refractivity contribution in [2.24, 2.45) is 0 Å². The molecule has 17 heteroatoms. The van der Waals surface area contributed by atoms with Gasteiger partial charge in [0.05, 0.1) is 34.4 Å². The number of benzene rings is 3. The summed E-state index contributed by atoms with van der Waals surface area (Å²) in [7, 11) is -1.08. The maximum absolute atomic E-state index is 15.1. The minimum absolute atomic E-state index is 0.0644. The predicted molar refractivity (Wildman–Crippen MR) is 257 cm³/mol. The highest BCUT2D eigenvalue weighted by molar-refractivity contribution is 9.10. The van der Waals surface area contributed by atoms with Crippen LogP contribution in [0.2, 0.25) is 0 Å². The molecule has 3 N–H and O–H groups in total. The van der Waals surface area contributed by atoms with Gasteiger partial charge in [-0.15, -0.1) is 0 Å². The Kier molecular flexibility index (Phi) is 14.2. The summed E-state index contributed by atoms with van der Waals surface area (Å²) in [5.41, 5.74) is 5.89. The number of carbonyl (C=O) groups excluding carboxylic acids is 2. The van der Waals surface area contributed by atoms with Gasteiger partial charge in [0.1, 0.15) is 30.3 Å². The van der Waals surface area contributed by atoms with Crippen LogP contribution >= 0.6 is 23.1 Å². The highest BCUT2D eigenvalue weighted by Gasteiger charge is 2.33. The number of fused-ring (bicyclic) bond motifs is 1. The molecule has 5 aromatic rings. The van der Waals surface area contributed by atoms with Crippen LogP contribution in [0.3, 0.4) is 0 Å². The second kappa shape index (κ2) is 19.8. The Bertz CT molecular complexity index is 2630. The van der Waals surface area contributed by atoms with Gasteiger partial charge >= 0.3 is 0 Å². The van der Waals surface area contributed by atoms with Crippen LogP contribution in [0.5, 0.6) is 5.75 Å². The van der Waals surface area contributed by atoms with Crippen molar-refractivity contribution in [3.05, 3.63) is 93.2 Å². The third-order valence-corrected chi connectivity index (χ3v) is 15.1. The molecule has 0 saturated carbocycles. The van der Waals surface area contributed by atoms with Crippen molar-refractivity contribution < 1.29 is 27.7 Å². The Labute approximate surface area is 387 Å². The molecule has 8 rings (SSSR count). The number of anilines is 5. The third kappa shape index (κ3) is 10.4. The number of halogens is 3. The van der Waals surface area contributed by atoms with Gasteiger partial charge in [-0.1, -0.05) is 19.9 Å². The molecule has 3 aliphatic rings. The van der Waals surface area contributed by atoms with Gasteiger partial charge in [0, 0.05) is 98.2 Å². The molecule has 3 fully saturated rings. The van der Waals surface area contributed by atoms with Gasteiger partial charge in [-0.25, -0.2) is 13.8 Å². The first-order valence-corrected chi connectivity index (χ1v) is 25.9. The van der Waals surface area contributed by atoms with E-state index in [9.17, 15) is 14.2 Å². The lowest BCUT2D eigenvalue weighted by atomic mass is 9.89. The summed E-state index contributed by atoms with van der Waals surface area (Å²) >= 11 is 3.62. The largest absolute Gasteiger partial charge is 0.494 e. The molecular formula is C48H57BrF2N9O4P. The number of piperidine rings is 2. The quantitative estimate of drug-likeness (QED) is 0.0728. The number of nitrogens with one attached hydrogen (secondary N) is 3. The summed E-state index contributed by atoms with van der Waals surface area (Å²) in [6.07, 6.45) is 6.06. The van der Waals surface area contributed by atoms with Gasteiger partial charge in [-0.2, -0.15) is 4.98 Å². The van der Waals surface area contributed by atoms with E-state index >= 15 is 8.78 Å². The van der Waals surface area contributed by atoms with Crippen LogP contribution in [0.4, 0.5) is 37.6 Å². The lowest BCUT2D eigenvalue weighted by Gasteiger charge is -2.43. The van der Waals surface area contributed by atoms with Gasteiger partial charge < -0.3 is 29.7 Å². The summed E-state index contributed by atoms with van der Waals surface area (Å²) in [5.74, 6) is -1.94. The first-order chi connectivity index (χ1) is 31.2. The number of amides is 2. The maximum atomic E-state index is 15.1. The third-order valence-electron chi connectivity index (χ3n) is 13.0. The zero-order valence-corrected chi connectivity index (χ0v) is 40.1. The monoisotopic (exact) mass is 971 g/mol. The minimum atomic E-state index is -2.75. The van der Waals surface area contributed by atoms with E-state index in [1.165, 1.54) is 17.7 Å². The van der Waals surface area contributed by atoms with E-state index in [4.69, 9.17) is 14.7 Å². The van der Waals surface area contributed by atoms with E-state index in [2.05, 4.69) is 77.5 Å². The average Bonchev–Trinajstić information content (AvgIpc) is 3.29. The smallest absolute Gasteiger partial charge is 0.234 e. The van der Waals surface area contributed by atoms with E-state index in [1.54, 1.807) is 26.6 Å². The lowest BCUT2D eigenvalue weighted by Crippen LogP contribution is -2.53. The molecule has 344 valence electrons. The summed E-state index contributed by atoms with van der Waals surface area (Å²) in [6.45, 7) is 13.9. The zero-order valence-electron chi connectivity index (χ0n) is 37.6. The molecule has 1 atom stereocenters. The van der Waals surface area contributed by atoms with E-state index in [1.807, 2.05) is 24.3 Å². The van der Waals surface area contributed by atoms with Crippen molar-refractivity contribution in [1.29, 1.82) is 0 Å². The molecule has 2 aromatic heterocycles. The number of imide groups is 1. The van der Waals surface area contributed by atoms with E-state index < -0.39 is 36.5 Å². The number of hydrogen-bond acceptors (Lipinski definition) is 12. The van der Waals surface area contributed by atoms with Gasteiger partial charge in [0.25, 0.3) is 0 Å². The number of hydrogen-bond donors (Lipinski definition) is 3. The fourth-order valence-corrected chi connectivity index (χ4v) is 11.3. The highest BCUT2D eigenvalue weighted by Crippen LogP contribution is 2.42. The number of piperazine rings is 1. The SMILES string of the molecule is CCc1ccc2c(P(C)(C)=O)c(Nc3nc(Nc4cc(CC)c(N5CCC(N6CCN(CCc7cc(F)c([C@H]8CCC(=O)NC8=O)c(F)c7)CC6)CC5)cc4OC)ncc3Br)ccc2n1. The number of rotatable bonds is 14. The minimum Gasteiger partial charge on any atom is -0.494 e. The maximum Gasteiger partial charge on any atom is 0.234 e. The number of carbonyl (C=O) groups is 2. The van der Waals surface area contributed by atoms with E-state index in [-0.39, 0.29) is 18.4 Å². The molecule has 0 bridgehead atoms. The van der Waals surface area contributed by atoms with Crippen molar-refractivity contribution in [1.82, 2.24) is 30.1 Å². The molecule has 2 amide bonds. The average molecular weight is 973 g/mol. The van der Waals surface area contributed by atoms with Gasteiger partial charge in [0.15, 0.2) is 0 Å². The summed E-state index contributed by atoms with van der Waals surface area (Å²) in [6, 6.07) is 15.2. The second-order valence-corrected chi connectivity index (χ2v) is 21.5. The van der Waals surface area contributed by atoms with Crippen LogP contribution in [0.15, 0.2) is 59.2 Å². The molecule has 0 radical (unpaired) electrons. The van der Waals surface area contributed by atoms with Crippen molar-refractivity contribution in [3.63, 3.8) is 0 Å². The number of pyridine rings is 1. The summed E-state index contributed by atoms with van der Waals surface area (Å²) in [5, 5.41) is 10.6. The van der Waals surface area contributed by atoms with Gasteiger partial charge in [0.2, 0.25) is 17.8 Å². The van der Waals surface area contributed by atoms with Gasteiger partial charge in [-0.05, 0) is 115 Å². The van der Waals surface area contributed by atoms with Crippen LogP contribution in [-0.4, -0.2) is 109 Å². The molecule has 5 heterocycles. The molecule has 3 saturated heterocycles. The Morgan fingerprint density at radius 2 is 1.63 bits per heavy atom. The molecule has 65 heavy (non-hydrogen) atoms. The molecule has 0 unspecified atom stereocenters. The number of nitrogens with zero attached hydrogens (tertiary/aromatic N) is 6. The Balaban J connectivity index is 0.874. The summed E-state index contributed by atoms with van der Waals surface area (Å²) in [4.78, 5) is 45.4.